The highest BCUT2D eigenvalue weighted by Gasteiger charge is 2.12. The fourth-order valence-corrected chi connectivity index (χ4v) is 3.19. The van der Waals surface area contributed by atoms with Gasteiger partial charge in [0.05, 0.1) is 11.2 Å². The summed E-state index contributed by atoms with van der Waals surface area (Å²) in [7, 11) is 0. The summed E-state index contributed by atoms with van der Waals surface area (Å²) < 4.78 is 21.6. The highest BCUT2D eigenvalue weighted by Crippen LogP contribution is 2.30. The molecule has 3 rings (SSSR count). The number of nitrogens with one attached hydrogen (secondary N) is 1. The van der Waals surface area contributed by atoms with E-state index in [0.717, 1.165) is 22.1 Å². The van der Waals surface area contributed by atoms with E-state index in [1.807, 2.05) is 44.2 Å². The minimum atomic E-state index is -2.10. The van der Waals surface area contributed by atoms with Gasteiger partial charge >= 0.3 is 0 Å². The summed E-state index contributed by atoms with van der Waals surface area (Å²) in [5.41, 5.74) is 4.29. The number of nitrogens with zero attached hydrogens (tertiary/aromatic N) is 3. The number of hydrogen-bond acceptors (Lipinski definition) is 6. The first-order valence-corrected chi connectivity index (χ1v) is 9.34. The van der Waals surface area contributed by atoms with Gasteiger partial charge in [0.15, 0.2) is 5.69 Å². The third-order valence-corrected chi connectivity index (χ3v) is 4.44. The van der Waals surface area contributed by atoms with Crippen molar-refractivity contribution >= 4 is 27.7 Å². The van der Waals surface area contributed by atoms with Crippen molar-refractivity contribution in [2.75, 3.05) is 5.32 Å². The molecule has 3 aromatic rings. The number of nitriles is 1. The van der Waals surface area contributed by atoms with Crippen LogP contribution in [0.1, 0.15) is 25.1 Å². The summed E-state index contributed by atoms with van der Waals surface area (Å²) >= 11 is -2.10. The van der Waals surface area contributed by atoms with Gasteiger partial charge in [-0.2, -0.15) is 5.26 Å². The highest BCUT2D eigenvalue weighted by atomic mass is 32.2. The van der Waals surface area contributed by atoms with E-state index >= 15 is 0 Å². The summed E-state index contributed by atoms with van der Waals surface area (Å²) in [6.07, 6.45) is 0. The summed E-state index contributed by atoms with van der Waals surface area (Å²) in [5.74, 6) is 0.00156. The third kappa shape index (κ3) is 3.87. The maximum Gasteiger partial charge on any atom is 0.186 e. The molecule has 1 heterocycles. The van der Waals surface area contributed by atoms with Crippen LogP contribution in [0.4, 0.5) is 5.69 Å². The average Bonchev–Trinajstić information content (AvgIpc) is 2.61. The molecule has 0 aliphatic carbocycles. The molecule has 132 valence electrons. The largest absolute Gasteiger partial charge is 0.772 e. The van der Waals surface area contributed by atoms with Gasteiger partial charge in [-0.15, -0.1) is 10.2 Å². The molecule has 26 heavy (non-hydrogen) atoms. The Morgan fingerprint density at radius 1 is 1.15 bits per heavy atom. The molecule has 0 saturated heterocycles. The minimum Gasteiger partial charge on any atom is -0.772 e. The number of anilines is 1. The van der Waals surface area contributed by atoms with Gasteiger partial charge in [0.25, 0.3) is 0 Å². The summed E-state index contributed by atoms with van der Waals surface area (Å²) in [5, 5.41) is 21.6. The topological polar surface area (TPSA) is 102 Å². The number of aromatic nitrogens is 2. The Labute approximate surface area is 154 Å². The molecule has 0 amide bonds. The van der Waals surface area contributed by atoms with Crippen LogP contribution in [-0.4, -0.2) is 25.0 Å². The zero-order valence-corrected chi connectivity index (χ0v) is 15.2. The van der Waals surface area contributed by atoms with Crippen LogP contribution in [0.3, 0.4) is 0 Å². The van der Waals surface area contributed by atoms with Crippen molar-refractivity contribution in [1.82, 2.24) is 10.2 Å². The number of rotatable bonds is 5. The maximum absolute atomic E-state index is 10.8. The van der Waals surface area contributed by atoms with Crippen molar-refractivity contribution in [3.8, 4) is 17.2 Å². The average molecular weight is 365 g/mol. The van der Waals surface area contributed by atoms with Crippen LogP contribution in [0.25, 0.3) is 22.0 Å². The lowest BCUT2D eigenvalue weighted by molar-refractivity contribution is 0.536. The van der Waals surface area contributed by atoms with Gasteiger partial charge in [-0.25, -0.2) is 0 Å². The van der Waals surface area contributed by atoms with Crippen molar-refractivity contribution in [2.24, 2.45) is 0 Å². The Morgan fingerprint density at radius 3 is 2.46 bits per heavy atom. The van der Waals surface area contributed by atoms with Gasteiger partial charge < -0.3 is 9.87 Å². The molecular weight excluding hydrogens is 348 g/mol. The molecule has 0 bridgehead atoms. The molecular formula is C19H17N4O2S-. The quantitative estimate of drug-likeness (QED) is 0.696. The molecule has 0 saturated carbocycles. The molecule has 0 radical (unpaired) electrons. The predicted molar refractivity (Wildman–Crippen MR) is 101 cm³/mol. The first-order valence-electron chi connectivity index (χ1n) is 8.10. The Balaban J connectivity index is 2.07. The fraction of sp³-hybridized carbons (Fsp3) is 0.211. The van der Waals surface area contributed by atoms with Crippen LogP contribution in [0, 0.1) is 11.3 Å². The SMILES string of the molecule is CC(C)Nc1c(C#N)nnc2ccc(-c3ccc(CS(=O)[O-])cc3)cc12. The van der Waals surface area contributed by atoms with E-state index in [4.69, 9.17) is 0 Å². The monoisotopic (exact) mass is 365 g/mol. The van der Waals surface area contributed by atoms with Gasteiger partial charge in [0.1, 0.15) is 6.07 Å². The van der Waals surface area contributed by atoms with E-state index in [1.165, 1.54) is 0 Å². The molecule has 1 atom stereocenters. The van der Waals surface area contributed by atoms with E-state index < -0.39 is 11.1 Å². The van der Waals surface area contributed by atoms with Gasteiger partial charge in [-0.3, -0.25) is 4.21 Å². The second-order valence-corrected chi connectivity index (χ2v) is 7.11. The Bertz CT molecular complexity index is 1010. The van der Waals surface area contributed by atoms with E-state index in [-0.39, 0.29) is 17.5 Å². The molecule has 6 nitrogen and oxygen atoms in total. The Kier molecular flexibility index (Phi) is 5.26. The van der Waals surface area contributed by atoms with Crippen LogP contribution in [0.15, 0.2) is 42.5 Å². The Morgan fingerprint density at radius 2 is 1.85 bits per heavy atom. The van der Waals surface area contributed by atoms with Gasteiger partial charge in [-0.05, 0) is 42.7 Å². The lowest BCUT2D eigenvalue weighted by Crippen LogP contribution is -2.12. The lowest BCUT2D eigenvalue weighted by atomic mass is 10.0. The highest BCUT2D eigenvalue weighted by molar-refractivity contribution is 7.78. The second-order valence-electron chi connectivity index (χ2n) is 6.21. The van der Waals surface area contributed by atoms with Crippen molar-refractivity contribution < 1.29 is 8.76 Å². The fourth-order valence-electron chi connectivity index (χ4n) is 2.73. The molecule has 2 aromatic carbocycles. The van der Waals surface area contributed by atoms with Crippen LogP contribution < -0.4 is 5.32 Å². The van der Waals surface area contributed by atoms with Gasteiger partial charge in [0.2, 0.25) is 0 Å². The summed E-state index contributed by atoms with van der Waals surface area (Å²) in [4.78, 5) is 0. The van der Waals surface area contributed by atoms with Crippen LogP contribution in [-0.2, 0) is 16.8 Å². The van der Waals surface area contributed by atoms with Gasteiger partial charge in [0, 0.05) is 17.2 Å². The van der Waals surface area contributed by atoms with E-state index in [9.17, 15) is 14.0 Å². The van der Waals surface area contributed by atoms with Crippen molar-refractivity contribution in [3.05, 3.63) is 53.7 Å². The zero-order chi connectivity index (χ0) is 18.7. The van der Waals surface area contributed by atoms with Crippen molar-refractivity contribution in [1.29, 1.82) is 5.26 Å². The number of hydrogen-bond donors (Lipinski definition) is 1. The predicted octanol–water partition coefficient (Wildman–Crippen LogP) is 3.37. The van der Waals surface area contributed by atoms with Crippen LogP contribution in [0.5, 0.6) is 0 Å². The normalized spacial score (nSPS) is 12.1. The second kappa shape index (κ2) is 7.60. The molecule has 7 heteroatoms. The van der Waals surface area contributed by atoms with Crippen LogP contribution in [0.2, 0.25) is 0 Å². The van der Waals surface area contributed by atoms with Crippen LogP contribution >= 0.6 is 0 Å². The maximum atomic E-state index is 10.8. The molecule has 0 fully saturated rings. The molecule has 1 N–H and O–H groups in total. The lowest BCUT2D eigenvalue weighted by Gasteiger charge is -2.14. The van der Waals surface area contributed by atoms with Crippen molar-refractivity contribution in [2.45, 2.75) is 25.6 Å². The zero-order valence-electron chi connectivity index (χ0n) is 14.4. The number of benzene rings is 2. The molecule has 0 aliphatic heterocycles. The van der Waals surface area contributed by atoms with E-state index in [2.05, 4.69) is 21.6 Å². The smallest absolute Gasteiger partial charge is 0.186 e. The Hall–Kier alpha value is -2.82. The van der Waals surface area contributed by atoms with Gasteiger partial charge in [-0.1, -0.05) is 41.4 Å². The molecule has 0 spiro atoms. The summed E-state index contributed by atoms with van der Waals surface area (Å²) in [6.45, 7) is 3.99. The van der Waals surface area contributed by atoms with Crippen molar-refractivity contribution in [3.63, 3.8) is 0 Å². The minimum absolute atomic E-state index is 0.00156. The standard InChI is InChI=1S/C19H18N4O2S/c1-12(2)21-19-16-9-15(7-8-17(16)22-23-18(19)10-20)14-5-3-13(4-6-14)11-26(24)25/h3-9,12H,11H2,1-2H3,(H,21,22)(H,24,25)/p-1. The first-order chi connectivity index (χ1) is 12.5. The third-order valence-electron chi connectivity index (χ3n) is 3.87. The first kappa shape index (κ1) is 18.0. The molecule has 1 unspecified atom stereocenters. The summed E-state index contributed by atoms with van der Waals surface area (Å²) in [6, 6.07) is 15.4. The molecule has 1 aromatic heterocycles. The van der Waals surface area contributed by atoms with E-state index in [0.29, 0.717) is 11.2 Å². The van der Waals surface area contributed by atoms with E-state index in [1.54, 1.807) is 12.1 Å². The molecule has 0 aliphatic rings. The number of fused-ring (bicyclic) bond motifs is 1.